The minimum absolute atomic E-state index is 0.0909. The smallest absolute Gasteiger partial charge is 0.253 e. The average Bonchev–Trinajstić information content (AvgIpc) is 3.30. The van der Waals surface area contributed by atoms with Crippen LogP contribution >= 0.6 is 11.6 Å². The minimum atomic E-state index is -0.0909. The lowest BCUT2D eigenvalue weighted by Gasteiger charge is -2.04. The zero-order valence-corrected chi connectivity index (χ0v) is 13.3. The Hall–Kier alpha value is -2.40. The number of aryl methyl sites for hydroxylation is 1. The molecule has 0 bridgehead atoms. The van der Waals surface area contributed by atoms with Gasteiger partial charge in [-0.2, -0.15) is 0 Å². The van der Waals surface area contributed by atoms with E-state index in [-0.39, 0.29) is 5.91 Å². The topological polar surface area (TPSA) is 59.8 Å². The van der Waals surface area contributed by atoms with Crippen LogP contribution in [0.3, 0.4) is 0 Å². The molecule has 0 unspecified atom stereocenters. The molecule has 1 aliphatic carbocycles. The van der Waals surface area contributed by atoms with Crippen molar-refractivity contribution in [1.29, 1.82) is 0 Å². The van der Waals surface area contributed by atoms with Crippen LogP contribution in [0.15, 0.2) is 36.5 Å². The first kappa shape index (κ1) is 14.2. The van der Waals surface area contributed by atoms with Crippen molar-refractivity contribution in [2.45, 2.75) is 18.9 Å². The molecule has 1 N–H and O–H groups in total. The Labute approximate surface area is 138 Å². The number of aromatic nitrogens is 3. The van der Waals surface area contributed by atoms with Gasteiger partial charge in [0.15, 0.2) is 5.65 Å². The quantitative estimate of drug-likeness (QED) is 0.804. The van der Waals surface area contributed by atoms with Gasteiger partial charge in [0.05, 0.1) is 10.6 Å². The summed E-state index contributed by atoms with van der Waals surface area (Å²) < 4.78 is 1.89. The van der Waals surface area contributed by atoms with Crippen molar-refractivity contribution in [3.8, 4) is 11.4 Å². The highest BCUT2D eigenvalue weighted by molar-refractivity contribution is 6.33. The zero-order chi connectivity index (χ0) is 16.0. The molecule has 1 aromatic carbocycles. The van der Waals surface area contributed by atoms with Crippen LogP contribution < -0.4 is 5.32 Å². The van der Waals surface area contributed by atoms with Gasteiger partial charge in [0.2, 0.25) is 0 Å². The van der Waals surface area contributed by atoms with Gasteiger partial charge in [-0.15, -0.1) is 0 Å². The molecule has 1 amide bonds. The van der Waals surface area contributed by atoms with E-state index in [0.717, 1.165) is 29.9 Å². The van der Waals surface area contributed by atoms with E-state index in [0.29, 0.717) is 22.1 Å². The van der Waals surface area contributed by atoms with E-state index in [9.17, 15) is 4.79 Å². The Morgan fingerprint density at radius 2 is 2.13 bits per heavy atom. The van der Waals surface area contributed by atoms with Gasteiger partial charge >= 0.3 is 0 Å². The maximum absolute atomic E-state index is 12.1. The molecule has 0 aliphatic heterocycles. The van der Waals surface area contributed by atoms with Crippen LogP contribution in [0.2, 0.25) is 5.02 Å². The van der Waals surface area contributed by atoms with Crippen LogP contribution in [0.1, 0.15) is 23.2 Å². The fraction of sp³-hybridized carbons (Fsp3) is 0.235. The molecule has 1 aliphatic rings. The number of fused-ring (bicyclic) bond motifs is 1. The second-order valence-electron chi connectivity index (χ2n) is 5.79. The Balaban J connectivity index is 1.78. The maximum Gasteiger partial charge on any atom is 0.253 e. The fourth-order valence-electron chi connectivity index (χ4n) is 2.58. The number of hydrogen-bond acceptors (Lipinski definition) is 3. The Bertz CT molecular complexity index is 914. The molecule has 0 radical (unpaired) electrons. The van der Waals surface area contributed by atoms with Crippen molar-refractivity contribution < 1.29 is 4.79 Å². The standard InChI is InChI=1S/C17H15ClN4O/c1-22-15(12-4-2-3-5-13(12)18)21-14-8-10(9-19-16(14)22)17(23)20-11-6-7-11/h2-5,8-9,11H,6-7H2,1H3,(H,20,23). The van der Waals surface area contributed by atoms with Crippen molar-refractivity contribution >= 4 is 28.7 Å². The average molecular weight is 327 g/mol. The van der Waals surface area contributed by atoms with E-state index < -0.39 is 0 Å². The van der Waals surface area contributed by atoms with Crippen molar-refractivity contribution in [2.75, 3.05) is 0 Å². The van der Waals surface area contributed by atoms with Gasteiger partial charge in [0.25, 0.3) is 5.91 Å². The zero-order valence-electron chi connectivity index (χ0n) is 12.6. The highest BCUT2D eigenvalue weighted by Crippen LogP contribution is 2.29. The van der Waals surface area contributed by atoms with Crippen molar-refractivity contribution in [2.24, 2.45) is 7.05 Å². The molecule has 2 heterocycles. The Morgan fingerprint density at radius 3 is 2.87 bits per heavy atom. The monoisotopic (exact) mass is 326 g/mol. The Kier molecular flexibility index (Phi) is 3.31. The number of amides is 1. The van der Waals surface area contributed by atoms with Crippen LogP contribution in [0, 0.1) is 0 Å². The highest BCUT2D eigenvalue weighted by atomic mass is 35.5. The SMILES string of the molecule is Cn1c(-c2ccccc2Cl)nc2cc(C(=O)NC3CC3)cnc21. The van der Waals surface area contributed by atoms with Gasteiger partial charge < -0.3 is 9.88 Å². The molecular formula is C17H15ClN4O. The van der Waals surface area contributed by atoms with Crippen molar-refractivity contribution in [3.05, 3.63) is 47.1 Å². The molecule has 5 nitrogen and oxygen atoms in total. The summed E-state index contributed by atoms with van der Waals surface area (Å²) in [5, 5.41) is 3.60. The summed E-state index contributed by atoms with van der Waals surface area (Å²) in [5.41, 5.74) is 2.79. The first-order valence-electron chi connectivity index (χ1n) is 7.52. The predicted molar refractivity (Wildman–Crippen MR) is 89.4 cm³/mol. The summed E-state index contributed by atoms with van der Waals surface area (Å²) in [7, 11) is 1.89. The lowest BCUT2D eigenvalue weighted by Crippen LogP contribution is -2.25. The maximum atomic E-state index is 12.1. The number of nitrogens with zero attached hydrogens (tertiary/aromatic N) is 3. The second-order valence-corrected chi connectivity index (χ2v) is 6.20. The first-order valence-corrected chi connectivity index (χ1v) is 7.89. The summed E-state index contributed by atoms with van der Waals surface area (Å²) in [6.45, 7) is 0. The first-order chi connectivity index (χ1) is 11.1. The van der Waals surface area contributed by atoms with E-state index in [1.165, 1.54) is 0 Å². The number of hydrogen-bond donors (Lipinski definition) is 1. The van der Waals surface area contributed by atoms with Crippen LogP contribution in [-0.2, 0) is 7.05 Å². The third kappa shape index (κ3) is 2.57. The van der Waals surface area contributed by atoms with Crippen molar-refractivity contribution in [3.63, 3.8) is 0 Å². The largest absolute Gasteiger partial charge is 0.349 e. The molecule has 3 aromatic rings. The van der Waals surface area contributed by atoms with Gasteiger partial charge in [-0.3, -0.25) is 4.79 Å². The molecule has 1 fully saturated rings. The number of nitrogens with one attached hydrogen (secondary N) is 1. The van der Waals surface area contributed by atoms with E-state index in [1.807, 2.05) is 35.9 Å². The van der Waals surface area contributed by atoms with Gasteiger partial charge in [-0.1, -0.05) is 23.7 Å². The van der Waals surface area contributed by atoms with E-state index >= 15 is 0 Å². The number of carbonyl (C=O) groups is 1. The van der Waals surface area contributed by atoms with Crippen LogP contribution in [0.25, 0.3) is 22.6 Å². The van der Waals surface area contributed by atoms with Crippen molar-refractivity contribution in [1.82, 2.24) is 19.9 Å². The highest BCUT2D eigenvalue weighted by Gasteiger charge is 2.24. The van der Waals surface area contributed by atoms with Gasteiger partial charge in [0, 0.05) is 24.8 Å². The predicted octanol–water partition coefficient (Wildman–Crippen LogP) is 3.18. The number of benzene rings is 1. The lowest BCUT2D eigenvalue weighted by molar-refractivity contribution is 0.0951. The summed E-state index contributed by atoms with van der Waals surface area (Å²) >= 11 is 6.27. The van der Waals surface area contributed by atoms with E-state index in [4.69, 9.17) is 11.6 Å². The normalized spacial score (nSPS) is 14.2. The summed E-state index contributed by atoms with van der Waals surface area (Å²) in [5.74, 6) is 0.643. The molecule has 23 heavy (non-hydrogen) atoms. The Morgan fingerprint density at radius 1 is 1.35 bits per heavy atom. The third-order valence-corrected chi connectivity index (χ3v) is 4.33. The molecule has 116 valence electrons. The molecule has 2 aromatic heterocycles. The number of imidazole rings is 1. The molecule has 6 heteroatoms. The van der Waals surface area contributed by atoms with E-state index in [2.05, 4.69) is 15.3 Å². The molecule has 4 rings (SSSR count). The molecule has 0 spiro atoms. The van der Waals surface area contributed by atoms with Gasteiger partial charge in [-0.25, -0.2) is 9.97 Å². The van der Waals surface area contributed by atoms with E-state index in [1.54, 1.807) is 12.3 Å². The van der Waals surface area contributed by atoms with Gasteiger partial charge in [0.1, 0.15) is 11.3 Å². The minimum Gasteiger partial charge on any atom is -0.349 e. The molecule has 0 saturated heterocycles. The number of pyridine rings is 1. The molecule has 0 atom stereocenters. The van der Waals surface area contributed by atoms with Gasteiger partial charge in [-0.05, 0) is 31.0 Å². The number of rotatable bonds is 3. The van der Waals surface area contributed by atoms with Crippen LogP contribution in [0.4, 0.5) is 0 Å². The summed E-state index contributed by atoms with van der Waals surface area (Å²) in [4.78, 5) is 21.2. The second kappa shape index (κ2) is 5.35. The third-order valence-electron chi connectivity index (χ3n) is 4.00. The lowest BCUT2D eigenvalue weighted by atomic mass is 10.2. The molecule has 1 saturated carbocycles. The summed E-state index contributed by atoms with van der Waals surface area (Å²) in [6, 6.07) is 9.65. The van der Waals surface area contributed by atoms with Crippen LogP contribution in [-0.4, -0.2) is 26.5 Å². The molecular weight excluding hydrogens is 312 g/mol. The summed E-state index contributed by atoms with van der Waals surface area (Å²) in [6.07, 6.45) is 3.71. The van der Waals surface area contributed by atoms with Crippen LogP contribution in [0.5, 0.6) is 0 Å². The number of carbonyl (C=O) groups excluding carboxylic acids is 1. The number of halogens is 1. The fourth-order valence-corrected chi connectivity index (χ4v) is 2.80.